The normalized spacial score (nSPS) is 19.0. The van der Waals surface area contributed by atoms with Crippen molar-refractivity contribution in [3.8, 4) is 23.0 Å². The van der Waals surface area contributed by atoms with Crippen molar-refractivity contribution in [2.75, 3.05) is 27.9 Å². The summed E-state index contributed by atoms with van der Waals surface area (Å²) < 4.78 is 16.3. The van der Waals surface area contributed by atoms with Crippen LogP contribution in [0.4, 0.5) is 0 Å². The lowest BCUT2D eigenvalue weighted by atomic mass is 9.89. The van der Waals surface area contributed by atoms with Gasteiger partial charge in [0.1, 0.15) is 0 Å². The van der Waals surface area contributed by atoms with Gasteiger partial charge in [-0.1, -0.05) is 0 Å². The molecule has 0 aromatic heterocycles. The molecule has 0 bridgehead atoms. The van der Waals surface area contributed by atoms with E-state index in [-0.39, 0.29) is 5.75 Å². The molecular formula is C21H25NO4. The average Bonchev–Trinajstić information content (AvgIpc) is 2.85. The van der Waals surface area contributed by atoms with Crippen molar-refractivity contribution in [2.24, 2.45) is 0 Å². The molecular weight excluding hydrogens is 330 g/mol. The van der Waals surface area contributed by atoms with Gasteiger partial charge in [0, 0.05) is 19.1 Å². The number of phenolic OH excluding ortho intramolecular Hbond substituents is 1. The minimum absolute atomic E-state index is 0.220. The van der Waals surface area contributed by atoms with E-state index in [0.29, 0.717) is 11.8 Å². The second-order valence-corrected chi connectivity index (χ2v) is 6.97. The van der Waals surface area contributed by atoms with Gasteiger partial charge in [0.15, 0.2) is 23.0 Å². The van der Waals surface area contributed by atoms with E-state index < -0.39 is 0 Å². The van der Waals surface area contributed by atoms with Gasteiger partial charge >= 0.3 is 0 Å². The fraction of sp³-hybridized carbons (Fsp3) is 0.429. The summed E-state index contributed by atoms with van der Waals surface area (Å²) in [5.41, 5.74) is 5.12. The van der Waals surface area contributed by atoms with E-state index in [1.54, 1.807) is 21.3 Å². The molecule has 5 heteroatoms. The Morgan fingerprint density at radius 3 is 2.27 bits per heavy atom. The molecule has 0 radical (unpaired) electrons. The third-order valence-corrected chi connectivity index (χ3v) is 5.68. The number of phenols is 1. The van der Waals surface area contributed by atoms with Crippen molar-refractivity contribution in [2.45, 2.75) is 31.8 Å². The first-order valence-corrected chi connectivity index (χ1v) is 9.02. The van der Waals surface area contributed by atoms with Crippen LogP contribution < -0.4 is 14.2 Å². The number of ether oxygens (including phenoxy) is 3. The predicted molar refractivity (Wildman–Crippen MR) is 99.4 cm³/mol. The number of aryl methyl sites for hydroxylation is 1. The van der Waals surface area contributed by atoms with E-state index in [9.17, 15) is 5.11 Å². The van der Waals surface area contributed by atoms with Gasteiger partial charge in [-0.25, -0.2) is 0 Å². The minimum atomic E-state index is 0.220. The first kappa shape index (κ1) is 17.0. The van der Waals surface area contributed by atoms with Crippen LogP contribution in [0, 0.1) is 0 Å². The highest BCUT2D eigenvalue weighted by molar-refractivity contribution is 5.51. The van der Waals surface area contributed by atoms with Crippen LogP contribution in [0.2, 0.25) is 0 Å². The number of hydrogen-bond donors (Lipinski definition) is 1. The Labute approximate surface area is 154 Å². The number of benzene rings is 2. The van der Waals surface area contributed by atoms with E-state index in [1.807, 2.05) is 12.1 Å². The second-order valence-electron chi connectivity index (χ2n) is 6.97. The van der Waals surface area contributed by atoms with Crippen molar-refractivity contribution in [1.29, 1.82) is 0 Å². The molecule has 0 amide bonds. The predicted octanol–water partition coefficient (Wildman–Crippen LogP) is 3.46. The molecule has 2 aromatic rings. The van der Waals surface area contributed by atoms with Gasteiger partial charge in [0.2, 0.25) is 0 Å². The zero-order chi connectivity index (χ0) is 18.3. The minimum Gasteiger partial charge on any atom is -0.504 e. The topological polar surface area (TPSA) is 51.2 Å². The molecule has 0 aliphatic carbocycles. The molecule has 0 spiro atoms. The highest BCUT2D eigenvalue weighted by Gasteiger charge is 2.31. The Balaban J connectivity index is 1.71. The average molecular weight is 355 g/mol. The maximum Gasteiger partial charge on any atom is 0.161 e. The summed E-state index contributed by atoms with van der Waals surface area (Å²) in [6.45, 7) is 1.88. The smallest absolute Gasteiger partial charge is 0.161 e. The Kier molecular flexibility index (Phi) is 4.41. The molecule has 2 aliphatic heterocycles. The second kappa shape index (κ2) is 6.72. The van der Waals surface area contributed by atoms with Gasteiger partial charge in [-0.05, 0) is 65.8 Å². The Morgan fingerprint density at radius 2 is 1.54 bits per heavy atom. The quantitative estimate of drug-likeness (QED) is 0.914. The number of methoxy groups -OCH3 is 3. The molecule has 5 nitrogen and oxygen atoms in total. The van der Waals surface area contributed by atoms with Crippen molar-refractivity contribution in [3.05, 3.63) is 46.5 Å². The van der Waals surface area contributed by atoms with Crippen LogP contribution >= 0.6 is 0 Å². The van der Waals surface area contributed by atoms with Crippen LogP contribution in [0.25, 0.3) is 0 Å². The zero-order valence-corrected chi connectivity index (χ0v) is 15.5. The summed E-state index contributed by atoms with van der Waals surface area (Å²) in [5.74, 6) is 2.35. The highest BCUT2D eigenvalue weighted by atomic mass is 16.5. The SMILES string of the molecule is COc1cc2c(cc1O)CCC1c3cc(OC)c(OC)cc3CCN1C2. The zero-order valence-electron chi connectivity index (χ0n) is 15.5. The molecule has 1 atom stereocenters. The molecule has 2 heterocycles. The summed E-state index contributed by atoms with van der Waals surface area (Å²) in [7, 11) is 4.96. The molecule has 4 rings (SSSR count). The lowest BCUT2D eigenvalue weighted by Crippen LogP contribution is -2.34. The maximum absolute atomic E-state index is 10.1. The van der Waals surface area contributed by atoms with Crippen molar-refractivity contribution < 1.29 is 19.3 Å². The van der Waals surface area contributed by atoms with E-state index in [1.165, 1.54) is 22.3 Å². The molecule has 0 saturated carbocycles. The van der Waals surface area contributed by atoms with Crippen LogP contribution in [0.3, 0.4) is 0 Å². The summed E-state index contributed by atoms with van der Waals surface area (Å²) in [6.07, 6.45) is 2.94. The number of rotatable bonds is 3. The lowest BCUT2D eigenvalue weighted by molar-refractivity contribution is 0.173. The third-order valence-electron chi connectivity index (χ3n) is 5.68. The van der Waals surface area contributed by atoms with Crippen molar-refractivity contribution in [3.63, 3.8) is 0 Å². The van der Waals surface area contributed by atoms with E-state index in [4.69, 9.17) is 14.2 Å². The third kappa shape index (κ3) is 2.76. The fourth-order valence-corrected chi connectivity index (χ4v) is 4.32. The molecule has 1 unspecified atom stereocenters. The van der Waals surface area contributed by atoms with Gasteiger partial charge in [0.25, 0.3) is 0 Å². The van der Waals surface area contributed by atoms with Gasteiger partial charge in [-0.15, -0.1) is 0 Å². The van der Waals surface area contributed by atoms with E-state index >= 15 is 0 Å². The number of aromatic hydroxyl groups is 1. The summed E-state index contributed by atoms with van der Waals surface area (Å²) in [5, 5.41) is 10.1. The fourth-order valence-electron chi connectivity index (χ4n) is 4.32. The van der Waals surface area contributed by atoms with Crippen LogP contribution in [0.15, 0.2) is 24.3 Å². The van der Waals surface area contributed by atoms with Crippen LogP contribution in [-0.2, 0) is 19.4 Å². The van der Waals surface area contributed by atoms with E-state index in [2.05, 4.69) is 17.0 Å². The van der Waals surface area contributed by atoms with Crippen molar-refractivity contribution in [1.82, 2.24) is 4.90 Å². The van der Waals surface area contributed by atoms with Crippen LogP contribution in [-0.4, -0.2) is 37.9 Å². The van der Waals surface area contributed by atoms with Gasteiger partial charge < -0.3 is 19.3 Å². The Bertz CT molecular complexity index is 833. The first-order valence-electron chi connectivity index (χ1n) is 9.02. The number of fused-ring (bicyclic) bond motifs is 4. The maximum atomic E-state index is 10.1. The monoisotopic (exact) mass is 355 g/mol. The molecule has 138 valence electrons. The standard InChI is InChI=1S/C21H25NO4/c1-24-19-10-15-12-22-7-6-14-9-20(25-2)21(26-3)11-16(14)17(22)5-4-13(15)8-18(19)23/h8-11,17,23H,4-7,12H2,1-3H3. The van der Waals surface area contributed by atoms with Crippen LogP contribution in [0.5, 0.6) is 23.0 Å². The molecule has 0 fully saturated rings. The van der Waals surface area contributed by atoms with Gasteiger partial charge in [-0.2, -0.15) is 0 Å². The van der Waals surface area contributed by atoms with Crippen LogP contribution in [0.1, 0.15) is 34.7 Å². The van der Waals surface area contributed by atoms with Gasteiger partial charge in [0.05, 0.1) is 21.3 Å². The largest absolute Gasteiger partial charge is 0.504 e. The Morgan fingerprint density at radius 1 is 0.846 bits per heavy atom. The molecule has 26 heavy (non-hydrogen) atoms. The summed E-state index contributed by atoms with van der Waals surface area (Å²) >= 11 is 0. The van der Waals surface area contributed by atoms with Crippen molar-refractivity contribution >= 4 is 0 Å². The first-order chi connectivity index (χ1) is 12.6. The van der Waals surface area contributed by atoms with Gasteiger partial charge in [-0.3, -0.25) is 4.90 Å². The molecule has 2 aromatic carbocycles. The highest BCUT2D eigenvalue weighted by Crippen LogP contribution is 2.43. The summed E-state index contributed by atoms with van der Waals surface area (Å²) in [6, 6.07) is 8.45. The lowest BCUT2D eigenvalue weighted by Gasteiger charge is -2.36. The Hall–Kier alpha value is -2.40. The number of hydrogen-bond acceptors (Lipinski definition) is 5. The molecule has 0 saturated heterocycles. The molecule has 1 N–H and O–H groups in total. The van der Waals surface area contributed by atoms with E-state index in [0.717, 1.165) is 43.9 Å². The summed E-state index contributed by atoms with van der Waals surface area (Å²) in [4.78, 5) is 2.52. The number of nitrogens with zero attached hydrogens (tertiary/aromatic N) is 1. The molecule has 2 aliphatic rings.